The van der Waals surface area contributed by atoms with Crippen molar-refractivity contribution in [3.05, 3.63) is 47.1 Å². The van der Waals surface area contributed by atoms with E-state index in [4.69, 9.17) is 0 Å². The fourth-order valence-corrected chi connectivity index (χ4v) is 2.31. The average molecular weight is 367 g/mol. The van der Waals surface area contributed by atoms with E-state index in [0.29, 0.717) is 5.65 Å². The number of hydrogen-bond acceptors (Lipinski definition) is 5. The quantitative estimate of drug-likeness (QED) is 0.757. The SMILES string of the molecule is Cn1ncc2c(=O)n(CC(=O)Nc3ccccc3OC(F)(F)F)cnc21. The van der Waals surface area contributed by atoms with Gasteiger partial charge in [0.1, 0.15) is 18.3 Å². The van der Waals surface area contributed by atoms with Crippen LogP contribution in [0.25, 0.3) is 11.0 Å². The van der Waals surface area contributed by atoms with Gasteiger partial charge < -0.3 is 10.1 Å². The summed E-state index contributed by atoms with van der Waals surface area (Å²) in [6.07, 6.45) is -2.40. The minimum Gasteiger partial charge on any atom is -0.404 e. The maximum absolute atomic E-state index is 12.4. The predicted octanol–water partition coefficient (Wildman–Crippen LogP) is 1.67. The zero-order valence-corrected chi connectivity index (χ0v) is 13.3. The van der Waals surface area contributed by atoms with Crippen molar-refractivity contribution in [1.82, 2.24) is 19.3 Å². The van der Waals surface area contributed by atoms with Crippen LogP contribution in [-0.4, -0.2) is 31.6 Å². The summed E-state index contributed by atoms with van der Waals surface area (Å²) in [6, 6.07) is 5.10. The number of anilines is 1. The van der Waals surface area contributed by atoms with Crippen LogP contribution in [0.1, 0.15) is 0 Å². The van der Waals surface area contributed by atoms with Gasteiger partial charge in [0.05, 0.1) is 11.9 Å². The average Bonchev–Trinajstić information content (AvgIpc) is 2.93. The van der Waals surface area contributed by atoms with Crippen molar-refractivity contribution in [1.29, 1.82) is 0 Å². The first-order valence-corrected chi connectivity index (χ1v) is 7.26. The number of fused-ring (bicyclic) bond motifs is 1. The van der Waals surface area contributed by atoms with E-state index in [2.05, 4.69) is 20.1 Å². The van der Waals surface area contributed by atoms with Gasteiger partial charge in [0.25, 0.3) is 5.56 Å². The number of halogens is 3. The Morgan fingerprint density at radius 3 is 2.77 bits per heavy atom. The zero-order chi connectivity index (χ0) is 18.9. The zero-order valence-electron chi connectivity index (χ0n) is 13.3. The van der Waals surface area contributed by atoms with E-state index in [1.54, 1.807) is 7.05 Å². The number of aryl methyl sites for hydroxylation is 1. The number of para-hydroxylation sites is 2. The first-order chi connectivity index (χ1) is 12.2. The molecule has 26 heavy (non-hydrogen) atoms. The Morgan fingerprint density at radius 1 is 1.31 bits per heavy atom. The fourth-order valence-electron chi connectivity index (χ4n) is 2.31. The third kappa shape index (κ3) is 3.66. The third-order valence-corrected chi connectivity index (χ3v) is 3.42. The van der Waals surface area contributed by atoms with Gasteiger partial charge in [-0.1, -0.05) is 12.1 Å². The second-order valence-electron chi connectivity index (χ2n) is 5.28. The Kier molecular flexibility index (Phi) is 4.36. The second-order valence-corrected chi connectivity index (χ2v) is 5.28. The normalized spacial score (nSPS) is 11.5. The van der Waals surface area contributed by atoms with E-state index in [0.717, 1.165) is 10.6 Å². The van der Waals surface area contributed by atoms with Gasteiger partial charge in [0.2, 0.25) is 5.91 Å². The first-order valence-electron chi connectivity index (χ1n) is 7.26. The molecular weight excluding hydrogens is 355 g/mol. The lowest BCUT2D eigenvalue weighted by molar-refractivity contribution is -0.274. The molecule has 136 valence electrons. The molecule has 3 rings (SSSR count). The van der Waals surface area contributed by atoms with Crippen LogP contribution < -0.4 is 15.6 Å². The van der Waals surface area contributed by atoms with E-state index < -0.39 is 30.1 Å². The van der Waals surface area contributed by atoms with Gasteiger partial charge in [0.15, 0.2) is 11.4 Å². The highest BCUT2D eigenvalue weighted by Gasteiger charge is 2.32. The number of hydrogen-bond donors (Lipinski definition) is 1. The molecule has 2 aromatic heterocycles. The number of amides is 1. The summed E-state index contributed by atoms with van der Waals surface area (Å²) in [5.74, 6) is -1.27. The summed E-state index contributed by atoms with van der Waals surface area (Å²) in [7, 11) is 1.61. The predicted molar refractivity (Wildman–Crippen MR) is 84.5 cm³/mol. The van der Waals surface area contributed by atoms with Gasteiger partial charge >= 0.3 is 6.36 Å². The number of nitrogens with zero attached hydrogens (tertiary/aromatic N) is 4. The summed E-state index contributed by atoms with van der Waals surface area (Å²) in [5.41, 5.74) is -0.299. The van der Waals surface area contributed by atoms with Crippen molar-refractivity contribution in [2.45, 2.75) is 12.9 Å². The number of carbonyl (C=O) groups excluding carboxylic acids is 1. The maximum atomic E-state index is 12.4. The van der Waals surface area contributed by atoms with Gasteiger partial charge in [0, 0.05) is 7.05 Å². The van der Waals surface area contributed by atoms with Crippen molar-refractivity contribution in [2.24, 2.45) is 7.05 Å². The molecule has 3 aromatic rings. The molecule has 0 atom stereocenters. The first kappa shape index (κ1) is 17.5. The molecule has 1 aromatic carbocycles. The van der Waals surface area contributed by atoms with E-state index >= 15 is 0 Å². The standard InChI is InChI=1S/C15H12F3N5O3/c1-22-13-9(6-20-22)14(25)23(8-19-13)7-12(24)21-10-4-2-3-5-11(10)26-15(16,17)18/h2-6,8H,7H2,1H3,(H,21,24). The van der Waals surface area contributed by atoms with Gasteiger partial charge in [-0.25, -0.2) is 4.98 Å². The smallest absolute Gasteiger partial charge is 0.404 e. The monoisotopic (exact) mass is 367 g/mol. The van der Waals surface area contributed by atoms with Gasteiger partial charge in [-0.05, 0) is 12.1 Å². The number of ether oxygens (including phenoxy) is 1. The Hall–Kier alpha value is -3.37. The lowest BCUT2D eigenvalue weighted by atomic mass is 10.3. The molecule has 0 bridgehead atoms. The Balaban J connectivity index is 1.80. The Bertz CT molecular complexity index is 1030. The molecule has 8 nitrogen and oxygen atoms in total. The number of benzene rings is 1. The summed E-state index contributed by atoms with van der Waals surface area (Å²) in [5, 5.41) is 6.42. The molecule has 0 aliphatic carbocycles. The largest absolute Gasteiger partial charge is 0.573 e. The van der Waals surface area contributed by atoms with Gasteiger partial charge in [-0.15, -0.1) is 13.2 Å². The summed E-state index contributed by atoms with van der Waals surface area (Å²) in [6.45, 7) is -0.434. The van der Waals surface area contributed by atoms with Crippen LogP contribution in [0.3, 0.4) is 0 Å². The topological polar surface area (TPSA) is 91.0 Å². The van der Waals surface area contributed by atoms with Crippen LogP contribution in [0, 0.1) is 0 Å². The highest BCUT2D eigenvalue weighted by atomic mass is 19.4. The molecule has 0 aliphatic heterocycles. The molecule has 0 fully saturated rings. The highest BCUT2D eigenvalue weighted by molar-refractivity contribution is 5.92. The van der Waals surface area contributed by atoms with E-state index in [1.807, 2.05) is 0 Å². The summed E-state index contributed by atoms with van der Waals surface area (Å²) >= 11 is 0. The minimum absolute atomic E-state index is 0.168. The Morgan fingerprint density at radius 2 is 2.04 bits per heavy atom. The van der Waals surface area contributed by atoms with E-state index in [1.165, 1.54) is 35.4 Å². The molecule has 0 aliphatic rings. The van der Waals surface area contributed by atoms with E-state index in [9.17, 15) is 22.8 Å². The number of aromatic nitrogens is 4. The van der Waals surface area contributed by atoms with Crippen molar-refractivity contribution in [3.8, 4) is 5.75 Å². The summed E-state index contributed by atoms with van der Waals surface area (Å²) in [4.78, 5) is 28.5. The maximum Gasteiger partial charge on any atom is 0.573 e. The van der Waals surface area contributed by atoms with Crippen molar-refractivity contribution >= 4 is 22.6 Å². The molecule has 2 heterocycles. The number of alkyl halides is 3. The number of carbonyl (C=O) groups is 1. The molecular formula is C15H12F3N5O3. The molecule has 0 radical (unpaired) electrons. The van der Waals surface area contributed by atoms with Crippen molar-refractivity contribution < 1.29 is 22.7 Å². The van der Waals surface area contributed by atoms with Crippen molar-refractivity contribution in [2.75, 3.05) is 5.32 Å². The Labute approximate surface area is 143 Å². The lowest BCUT2D eigenvalue weighted by Gasteiger charge is -2.14. The molecule has 1 amide bonds. The van der Waals surface area contributed by atoms with Gasteiger partial charge in [-0.3, -0.25) is 18.8 Å². The molecule has 0 unspecified atom stereocenters. The second kappa shape index (κ2) is 6.50. The molecule has 0 saturated heterocycles. The highest BCUT2D eigenvalue weighted by Crippen LogP contribution is 2.29. The molecule has 11 heteroatoms. The molecule has 1 N–H and O–H groups in total. The molecule has 0 saturated carbocycles. The summed E-state index contributed by atoms with van der Waals surface area (Å²) < 4.78 is 43.5. The van der Waals surface area contributed by atoms with Crippen LogP contribution in [0.2, 0.25) is 0 Å². The van der Waals surface area contributed by atoms with Crippen LogP contribution in [0.5, 0.6) is 5.75 Å². The third-order valence-electron chi connectivity index (χ3n) is 3.42. The van der Waals surface area contributed by atoms with Crippen LogP contribution >= 0.6 is 0 Å². The van der Waals surface area contributed by atoms with Crippen molar-refractivity contribution in [3.63, 3.8) is 0 Å². The van der Waals surface area contributed by atoms with Crippen LogP contribution in [0.15, 0.2) is 41.6 Å². The van der Waals surface area contributed by atoms with E-state index in [-0.39, 0.29) is 11.1 Å². The number of rotatable bonds is 4. The van der Waals surface area contributed by atoms with Crippen LogP contribution in [-0.2, 0) is 18.4 Å². The molecule has 0 spiro atoms. The van der Waals surface area contributed by atoms with Gasteiger partial charge in [-0.2, -0.15) is 5.10 Å². The number of nitrogens with one attached hydrogen (secondary N) is 1. The minimum atomic E-state index is -4.90. The van der Waals surface area contributed by atoms with Crippen LogP contribution in [0.4, 0.5) is 18.9 Å². The lowest BCUT2D eigenvalue weighted by Crippen LogP contribution is -2.28. The fraction of sp³-hybridized carbons (Fsp3) is 0.200.